The second-order valence-corrected chi connectivity index (χ2v) is 6.17. The van der Waals surface area contributed by atoms with Crippen LogP contribution in [0, 0.1) is 13.8 Å². The van der Waals surface area contributed by atoms with Gasteiger partial charge in [0.05, 0.1) is 16.8 Å². The number of ether oxygens (including phenoxy) is 1. The van der Waals surface area contributed by atoms with Crippen molar-refractivity contribution < 1.29 is 27.2 Å². The highest BCUT2D eigenvalue weighted by Gasteiger charge is 2.34. The van der Waals surface area contributed by atoms with Gasteiger partial charge in [-0.05, 0) is 38.1 Å². The number of rotatable bonds is 5. The average molecular weight is 390 g/mol. The van der Waals surface area contributed by atoms with Gasteiger partial charge in [0, 0.05) is 0 Å². The summed E-state index contributed by atoms with van der Waals surface area (Å²) in [6, 6.07) is 12.0. The van der Waals surface area contributed by atoms with Crippen molar-refractivity contribution in [1.82, 2.24) is 5.16 Å². The fourth-order valence-corrected chi connectivity index (χ4v) is 2.55. The summed E-state index contributed by atoms with van der Waals surface area (Å²) in [6.07, 6.45) is -4.60. The largest absolute Gasteiger partial charge is 0.489 e. The molecule has 3 aromatic rings. The number of alkyl halides is 3. The maximum absolute atomic E-state index is 13.1. The molecule has 0 aliphatic rings. The van der Waals surface area contributed by atoms with Crippen LogP contribution in [-0.2, 0) is 12.8 Å². The lowest BCUT2D eigenvalue weighted by atomic mass is 10.1. The quantitative estimate of drug-likeness (QED) is 0.655. The molecule has 0 saturated heterocycles. The monoisotopic (exact) mass is 390 g/mol. The van der Waals surface area contributed by atoms with Crippen LogP contribution in [-0.4, -0.2) is 11.1 Å². The van der Waals surface area contributed by atoms with E-state index >= 15 is 0 Å². The first-order valence-electron chi connectivity index (χ1n) is 8.38. The Labute approximate surface area is 159 Å². The molecule has 1 amide bonds. The van der Waals surface area contributed by atoms with Gasteiger partial charge in [0.15, 0.2) is 5.69 Å². The van der Waals surface area contributed by atoms with Gasteiger partial charge in [0.2, 0.25) is 0 Å². The second-order valence-electron chi connectivity index (χ2n) is 6.17. The van der Waals surface area contributed by atoms with Crippen LogP contribution >= 0.6 is 0 Å². The third-order valence-electron chi connectivity index (χ3n) is 4.08. The zero-order chi connectivity index (χ0) is 20.3. The molecule has 28 heavy (non-hydrogen) atoms. The number of halogens is 3. The van der Waals surface area contributed by atoms with E-state index in [2.05, 4.69) is 10.5 Å². The van der Waals surface area contributed by atoms with Crippen molar-refractivity contribution in [2.75, 3.05) is 5.32 Å². The lowest BCUT2D eigenvalue weighted by molar-refractivity contribution is -0.136. The Morgan fingerprint density at radius 2 is 1.79 bits per heavy atom. The van der Waals surface area contributed by atoms with Crippen LogP contribution in [0.4, 0.5) is 18.9 Å². The zero-order valence-corrected chi connectivity index (χ0v) is 15.1. The Kier molecular flexibility index (Phi) is 5.39. The normalized spacial score (nSPS) is 11.3. The van der Waals surface area contributed by atoms with Crippen LogP contribution < -0.4 is 10.1 Å². The summed E-state index contributed by atoms with van der Waals surface area (Å²) in [5.41, 5.74) is 0.00753. The molecule has 0 saturated carbocycles. The van der Waals surface area contributed by atoms with Crippen molar-refractivity contribution in [1.29, 1.82) is 0 Å². The van der Waals surface area contributed by atoms with E-state index in [9.17, 15) is 18.0 Å². The molecule has 1 aromatic heterocycles. The number of nitrogens with one attached hydrogen (secondary N) is 1. The fourth-order valence-electron chi connectivity index (χ4n) is 2.55. The van der Waals surface area contributed by atoms with E-state index in [0.717, 1.165) is 11.6 Å². The zero-order valence-electron chi connectivity index (χ0n) is 15.1. The molecule has 0 spiro atoms. The summed E-state index contributed by atoms with van der Waals surface area (Å²) >= 11 is 0. The Balaban J connectivity index is 1.79. The van der Waals surface area contributed by atoms with Gasteiger partial charge in [-0.1, -0.05) is 35.0 Å². The molecule has 0 aliphatic heterocycles. The SMILES string of the molecule is Cc1ccc(OCc2c(C(=O)Nc3ccccc3C(F)(F)F)noc2C)cc1. The molecule has 2 aromatic carbocycles. The number of hydrogen-bond acceptors (Lipinski definition) is 4. The number of para-hydroxylation sites is 1. The van der Waals surface area contributed by atoms with Crippen molar-refractivity contribution in [3.63, 3.8) is 0 Å². The van der Waals surface area contributed by atoms with E-state index in [0.29, 0.717) is 17.1 Å². The topological polar surface area (TPSA) is 64.4 Å². The molecule has 8 heteroatoms. The first-order chi connectivity index (χ1) is 13.3. The molecule has 0 atom stereocenters. The third-order valence-corrected chi connectivity index (χ3v) is 4.08. The molecule has 0 unspecified atom stereocenters. The molecular weight excluding hydrogens is 373 g/mol. The van der Waals surface area contributed by atoms with Crippen molar-refractivity contribution >= 4 is 11.6 Å². The first-order valence-corrected chi connectivity index (χ1v) is 8.38. The molecule has 1 N–H and O–H groups in total. The summed E-state index contributed by atoms with van der Waals surface area (Å²) < 4.78 is 50.0. The molecule has 3 rings (SSSR count). The number of amides is 1. The van der Waals surface area contributed by atoms with Crippen molar-refractivity contribution in [3.8, 4) is 5.75 Å². The average Bonchev–Trinajstić information content (AvgIpc) is 3.01. The van der Waals surface area contributed by atoms with E-state index in [1.165, 1.54) is 18.2 Å². The minimum Gasteiger partial charge on any atom is -0.489 e. The highest BCUT2D eigenvalue weighted by Crippen LogP contribution is 2.34. The van der Waals surface area contributed by atoms with E-state index in [4.69, 9.17) is 9.26 Å². The summed E-state index contributed by atoms with van der Waals surface area (Å²) in [5.74, 6) is 0.123. The molecule has 5 nitrogen and oxygen atoms in total. The van der Waals surface area contributed by atoms with Gasteiger partial charge in [-0.25, -0.2) is 0 Å². The van der Waals surface area contributed by atoms with E-state index in [-0.39, 0.29) is 18.0 Å². The maximum Gasteiger partial charge on any atom is 0.418 e. The molecule has 0 fully saturated rings. The maximum atomic E-state index is 13.1. The Morgan fingerprint density at radius 1 is 1.11 bits per heavy atom. The first kappa shape index (κ1) is 19.5. The fraction of sp³-hybridized carbons (Fsp3) is 0.200. The van der Waals surface area contributed by atoms with Crippen LogP contribution in [0.2, 0.25) is 0 Å². The van der Waals surface area contributed by atoms with Gasteiger partial charge in [-0.15, -0.1) is 0 Å². The van der Waals surface area contributed by atoms with E-state index in [1.54, 1.807) is 19.1 Å². The number of hydrogen-bond donors (Lipinski definition) is 1. The molecule has 1 heterocycles. The van der Waals surface area contributed by atoms with Crippen LogP contribution in [0.5, 0.6) is 5.75 Å². The summed E-state index contributed by atoms with van der Waals surface area (Å²) in [4.78, 5) is 12.5. The van der Waals surface area contributed by atoms with Crippen LogP contribution in [0.3, 0.4) is 0 Å². The van der Waals surface area contributed by atoms with Crippen molar-refractivity contribution in [3.05, 3.63) is 76.7 Å². The predicted octanol–water partition coefficient (Wildman–Crippen LogP) is 5.14. The van der Waals surface area contributed by atoms with Gasteiger partial charge < -0.3 is 14.6 Å². The second kappa shape index (κ2) is 7.75. The predicted molar refractivity (Wildman–Crippen MR) is 96.1 cm³/mol. The number of carbonyl (C=O) groups excluding carboxylic acids is 1. The molecule has 0 aliphatic carbocycles. The van der Waals surface area contributed by atoms with Gasteiger partial charge in [0.1, 0.15) is 18.1 Å². The van der Waals surface area contributed by atoms with Crippen LogP contribution in [0.15, 0.2) is 53.1 Å². The number of nitrogens with zero attached hydrogens (tertiary/aromatic N) is 1. The summed E-state index contributed by atoms with van der Waals surface area (Å²) in [5, 5.41) is 5.94. The molecule has 0 radical (unpaired) electrons. The van der Waals surface area contributed by atoms with Crippen molar-refractivity contribution in [2.45, 2.75) is 26.6 Å². The minimum absolute atomic E-state index is 0.0118. The van der Waals surface area contributed by atoms with Crippen molar-refractivity contribution in [2.24, 2.45) is 0 Å². The number of carbonyl (C=O) groups is 1. The minimum atomic E-state index is -4.60. The molecule has 146 valence electrons. The molecular formula is C20H17F3N2O3. The van der Waals surface area contributed by atoms with Gasteiger partial charge in [-0.3, -0.25) is 4.79 Å². The number of benzene rings is 2. The standard InChI is InChI=1S/C20H17F3N2O3/c1-12-7-9-14(10-8-12)27-11-15-13(2)28-25-18(15)19(26)24-17-6-4-3-5-16(17)20(21,22)23/h3-10H,11H2,1-2H3,(H,24,26). The number of aryl methyl sites for hydroxylation is 2. The van der Waals surface area contributed by atoms with Gasteiger partial charge in [0.25, 0.3) is 5.91 Å². The highest BCUT2D eigenvalue weighted by molar-refractivity contribution is 6.04. The third kappa shape index (κ3) is 4.33. The molecule has 0 bridgehead atoms. The number of anilines is 1. The van der Waals surface area contributed by atoms with Gasteiger partial charge in [-0.2, -0.15) is 13.2 Å². The summed E-state index contributed by atoms with van der Waals surface area (Å²) in [6.45, 7) is 3.53. The summed E-state index contributed by atoms with van der Waals surface area (Å²) in [7, 11) is 0. The van der Waals surface area contributed by atoms with Crippen LogP contribution in [0.25, 0.3) is 0 Å². The lowest BCUT2D eigenvalue weighted by Gasteiger charge is -2.13. The highest BCUT2D eigenvalue weighted by atomic mass is 19.4. The smallest absolute Gasteiger partial charge is 0.418 e. The van der Waals surface area contributed by atoms with Gasteiger partial charge >= 0.3 is 6.18 Å². The van der Waals surface area contributed by atoms with E-state index < -0.39 is 17.6 Å². The van der Waals surface area contributed by atoms with Crippen LogP contribution in [0.1, 0.15) is 32.9 Å². The lowest BCUT2D eigenvalue weighted by Crippen LogP contribution is -2.18. The Morgan fingerprint density at radius 3 is 2.46 bits per heavy atom. The Bertz CT molecular complexity index is 979. The van der Waals surface area contributed by atoms with E-state index in [1.807, 2.05) is 19.1 Å². The Hall–Kier alpha value is -3.29. The number of aromatic nitrogens is 1.